The van der Waals surface area contributed by atoms with E-state index in [1.54, 1.807) is 17.2 Å². The molecule has 1 amide bonds. The van der Waals surface area contributed by atoms with Crippen LogP contribution in [-0.4, -0.2) is 47.9 Å². The summed E-state index contributed by atoms with van der Waals surface area (Å²) in [5.74, 6) is 0.301. The normalized spacial score (nSPS) is 19.8. The van der Waals surface area contributed by atoms with Crippen LogP contribution in [0.2, 0.25) is 0 Å². The molecule has 0 bridgehead atoms. The van der Waals surface area contributed by atoms with Gasteiger partial charge in [0, 0.05) is 18.9 Å². The molecular weight excluding hydrogens is 280 g/mol. The first-order chi connectivity index (χ1) is 10.7. The van der Waals surface area contributed by atoms with Crippen molar-refractivity contribution in [1.82, 2.24) is 29.4 Å². The van der Waals surface area contributed by atoms with Crippen LogP contribution in [0.25, 0.3) is 0 Å². The van der Waals surface area contributed by atoms with E-state index in [1.165, 1.54) is 6.33 Å². The lowest BCUT2D eigenvalue weighted by atomic mass is 10.0. The smallest absolute Gasteiger partial charge is 0.248 e. The van der Waals surface area contributed by atoms with E-state index >= 15 is 0 Å². The van der Waals surface area contributed by atoms with Gasteiger partial charge in [-0.15, -0.1) is 0 Å². The first kappa shape index (κ1) is 14.7. The highest BCUT2D eigenvalue weighted by Gasteiger charge is 2.35. The summed E-state index contributed by atoms with van der Waals surface area (Å²) < 4.78 is 3.58. The van der Waals surface area contributed by atoms with Gasteiger partial charge in [0.1, 0.15) is 18.7 Å². The molecule has 0 unspecified atom stereocenters. The fraction of sp³-hybridized carbons (Fsp3) is 0.600. The Bertz CT molecular complexity index is 592. The molecule has 0 radical (unpaired) electrons. The first-order valence-electron chi connectivity index (χ1n) is 7.79. The second-order valence-electron chi connectivity index (χ2n) is 6.12. The van der Waals surface area contributed by atoms with Crippen LogP contribution < -0.4 is 0 Å². The molecule has 3 heterocycles. The molecule has 7 heteroatoms. The van der Waals surface area contributed by atoms with E-state index in [0.29, 0.717) is 0 Å². The summed E-state index contributed by atoms with van der Waals surface area (Å²) in [5, 5.41) is 8.43. The Hall–Kier alpha value is -2.18. The molecule has 3 rings (SSSR count). The first-order valence-corrected chi connectivity index (χ1v) is 7.79. The zero-order valence-corrected chi connectivity index (χ0v) is 13.0. The van der Waals surface area contributed by atoms with Gasteiger partial charge >= 0.3 is 0 Å². The van der Waals surface area contributed by atoms with Gasteiger partial charge in [-0.25, -0.2) is 9.67 Å². The second-order valence-corrected chi connectivity index (χ2v) is 6.12. The van der Waals surface area contributed by atoms with Gasteiger partial charge in [-0.1, -0.05) is 13.8 Å². The Labute approximate surface area is 129 Å². The number of amides is 1. The molecule has 2 atom stereocenters. The van der Waals surface area contributed by atoms with Crippen molar-refractivity contribution in [3.63, 3.8) is 0 Å². The molecule has 0 saturated carbocycles. The molecule has 2 aromatic rings. The lowest BCUT2D eigenvalue weighted by Gasteiger charge is -2.30. The van der Waals surface area contributed by atoms with Crippen molar-refractivity contribution in [3.05, 3.63) is 31.1 Å². The molecule has 0 aromatic carbocycles. The van der Waals surface area contributed by atoms with Gasteiger partial charge in [0.05, 0.1) is 12.6 Å². The SMILES string of the molecule is CC(C)[C@H](C(=O)N1CCC[C@@H]1Cn1cccn1)n1cncn1. The molecule has 1 saturated heterocycles. The number of aromatic nitrogens is 5. The molecule has 22 heavy (non-hydrogen) atoms. The Morgan fingerprint density at radius 2 is 2.23 bits per heavy atom. The van der Waals surface area contributed by atoms with Crippen LogP contribution in [0.1, 0.15) is 32.7 Å². The van der Waals surface area contributed by atoms with E-state index in [4.69, 9.17) is 0 Å². The lowest BCUT2D eigenvalue weighted by Crippen LogP contribution is -2.44. The molecule has 7 nitrogen and oxygen atoms in total. The minimum Gasteiger partial charge on any atom is -0.336 e. The van der Waals surface area contributed by atoms with Crippen LogP contribution in [0.5, 0.6) is 0 Å². The third-order valence-corrected chi connectivity index (χ3v) is 4.22. The van der Waals surface area contributed by atoms with Crippen LogP contribution in [-0.2, 0) is 11.3 Å². The van der Waals surface area contributed by atoms with E-state index in [1.807, 2.05) is 35.7 Å². The Morgan fingerprint density at radius 3 is 2.86 bits per heavy atom. The highest BCUT2D eigenvalue weighted by molar-refractivity contribution is 5.81. The molecule has 0 aliphatic carbocycles. The maximum absolute atomic E-state index is 13.0. The van der Waals surface area contributed by atoms with Gasteiger partial charge in [-0.3, -0.25) is 9.48 Å². The number of hydrogen-bond donors (Lipinski definition) is 0. The molecule has 0 spiro atoms. The Balaban J connectivity index is 1.77. The molecule has 0 N–H and O–H groups in total. The molecule has 118 valence electrons. The van der Waals surface area contributed by atoms with Crippen LogP contribution in [0.15, 0.2) is 31.1 Å². The van der Waals surface area contributed by atoms with Crippen molar-refractivity contribution in [2.45, 2.75) is 45.3 Å². The summed E-state index contributed by atoms with van der Waals surface area (Å²) in [6.07, 6.45) is 8.88. The van der Waals surface area contributed by atoms with E-state index in [0.717, 1.165) is 25.9 Å². The number of carbonyl (C=O) groups excluding carboxylic acids is 1. The standard InChI is InChI=1S/C15H22N6O/c1-12(2)14(21-11-16-10-18-21)15(22)20-8-3-5-13(20)9-19-7-4-6-17-19/h4,6-7,10-14H,3,5,8-9H2,1-2H3/t13-,14-/m1/s1. The monoisotopic (exact) mass is 302 g/mol. The van der Waals surface area contributed by atoms with Crippen molar-refractivity contribution < 1.29 is 4.79 Å². The summed E-state index contributed by atoms with van der Waals surface area (Å²) in [6, 6.07) is 1.82. The van der Waals surface area contributed by atoms with Gasteiger partial charge in [0.2, 0.25) is 5.91 Å². The van der Waals surface area contributed by atoms with Crippen LogP contribution in [0, 0.1) is 5.92 Å². The van der Waals surface area contributed by atoms with E-state index < -0.39 is 0 Å². The van der Waals surface area contributed by atoms with Gasteiger partial charge in [-0.2, -0.15) is 10.2 Å². The van der Waals surface area contributed by atoms with Crippen molar-refractivity contribution in [2.75, 3.05) is 6.54 Å². The zero-order valence-electron chi connectivity index (χ0n) is 13.0. The molecular formula is C15H22N6O. The summed E-state index contributed by atoms with van der Waals surface area (Å²) in [5.41, 5.74) is 0. The van der Waals surface area contributed by atoms with Crippen LogP contribution in [0.3, 0.4) is 0 Å². The van der Waals surface area contributed by atoms with Gasteiger partial charge < -0.3 is 4.90 Å². The van der Waals surface area contributed by atoms with Gasteiger partial charge in [0.25, 0.3) is 0 Å². The van der Waals surface area contributed by atoms with Crippen molar-refractivity contribution in [3.8, 4) is 0 Å². The maximum atomic E-state index is 13.0. The molecule has 2 aromatic heterocycles. The fourth-order valence-corrected chi connectivity index (χ4v) is 3.17. The fourth-order valence-electron chi connectivity index (χ4n) is 3.17. The number of likely N-dealkylation sites (tertiary alicyclic amines) is 1. The maximum Gasteiger partial charge on any atom is 0.248 e. The van der Waals surface area contributed by atoms with E-state index in [-0.39, 0.29) is 23.9 Å². The minimum atomic E-state index is -0.291. The quantitative estimate of drug-likeness (QED) is 0.836. The summed E-state index contributed by atoms with van der Waals surface area (Å²) in [6.45, 7) is 5.65. The number of nitrogens with zero attached hydrogens (tertiary/aromatic N) is 6. The third-order valence-electron chi connectivity index (χ3n) is 4.22. The topological polar surface area (TPSA) is 68.8 Å². The summed E-state index contributed by atoms with van der Waals surface area (Å²) in [4.78, 5) is 19.0. The Morgan fingerprint density at radius 1 is 1.36 bits per heavy atom. The number of hydrogen-bond acceptors (Lipinski definition) is 4. The largest absolute Gasteiger partial charge is 0.336 e. The number of rotatable bonds is 5. The van der Waals surface area contributed by atoms with Gasteiger partial charge in [0.15, 0.2) is 0 Å². The second kappa shape index (κ2) is 6.29. The minimum absolute atomic E-state index is 0.134. The van der Waals surface area contributed by atoms with E-state index in [9.17, 15) is 4.79 Å². The summed E-state index contributed by atoms with van der Waals surface area (Å²) in [7, 11) is 0. The van der Waals surface area contributed by atoms with Crippen molar-refractivity contribution in [1.29, 1.82) is 0 Å². The molecule has 1 fully saturated rings. The highest BCUT2D eigenvalue weighted by atomic mass is 16.2. The molecule has 1 aliphatic heterocycles. The predicted octanol–water partition coefficient (Wildman–Crippen LogP) is 1.36. The highest BCUT2D eigenvalue weighted by Crippen LogP contribution is 2.26. The van der Waals surface area contributed by atoms with Crippen molar-refractivity contribution in [2.24, 2.45) is 5.92 Å². The third kappa shape index (κ3) is 2.88. The van der Waals surface area contributed by atoms with E-state index in [2.05, 4.69) is 15.2 Å². The summed E-state index contributed by atoms with van der Waals surface area (Å²) >= 11 is 0. The average molecular weight is 302 g/mol. The number of carbonyl (C=O) groups is 1. The lowest BCUT2D eigenvalue weighted by molar-refractivity contribution is -0.137. The predicted molar refractivity (Wildman–Crippen MR) is 80.9 cm³/mol. The average Bonchev–Trinajstić information content (AvgIpc) is 3.19. The van der Waals surface area contributed by atoms with Crippen molar-refractivity contribution >= 4 is 5.91 Å². The molecule has 1 aliphatic rings. The van der Waals surface area contributed by atoms with Crippen LogP contribution >= 0.6 is 0 Å². The Kier molecular flexibility index (Phi) is 4.22. The zero-order chi connectivity index (χ0) is 15.5. The van der Waals surface area contributed by atoms with Crippen LogP contribution in [0.4, 0.5) is 0 Å². The van der Waals surface area contributed by atoms with Gasteiger partial charge in [-0.05, 0) is 24.8 Å².